The zero-order valence-corrected chi connectivity index (χ0v) is 26.0. The minimum Gasteiger partial charge on any atom is -0.496 e. The number of benzene rings is 1. The second-order valence-electron chi connectivity index (χ2n) is 10.7. The van der Waals surface area contributed by atoms with Crippen LogP contribution in [0.4, 0.5) is 0 Å². The molecule has 0 aliphatic heterocycles. The average molecular weight is 528 g/mol. The summed E-state index contributed by atoms with van der Waals surface area (Å²) in [7, 11) is -1.52. The summed E-state index contributed by atoms with van der Waals surface area (Å²) in [5.74, 6) is 0.376. The lowest BCUT2D eigenvalue weighted by molar-refractivity contribution is -0.153. The van der Waals surface area contributed by atoms with E-state index in [1.165, 1.54) is 14.2 Å². The highest BCUT2D eigenvalue weighted by atomic mass is 28.4. The van der Waals surface area contributed by atoms with Crippen molar-refractivity contribution >= 4 is 37.6 Å². The van der Waals surface area contributed by atoms with Crippen molar-refractivity contribution in [3.63, 3.8) is 0 Å². The molecule has 1 aromatic rings. The fourth-order valence-corrected chi connectivity index (χ4v) is 10.9. The highest BCUT2D eigenvalue weighted by molar-refractivity contribution is 6.81. The topological polar surface area (TPSA) is 72.5 Å². The van der Waals surface area contributed by atoms with Gasteiger partial charge in [-0.15, -0.1) is 0 Å². The zero-order chi connectivity index (χ0) is 26.3. The Bertz CT molecular complexity index is 828. The molecule has 0 saturated carbocycles. The van der Waals surface area contributed by atoms with Crippen molar-refractivity contribution in [1.29, 1.82) is 0 Å². The number of hydrogen-bond donors (Lipinski definition) is 0. The van der Waals surface area contributed by atoms with E-state index in [1.54, 1.807) is 19.2 Å². The number of carbonyl (C=O) groups is 1. The number of esters is 1. The van der Waals surface area contributed by atoms with Crippen LogP contribution in [0.2, 0.25) is 39.3 Å². The molecule has 0 aromatic heterocycles. The number of rotatable bonds is 13. The van der Waals surface area contributed by atoms with Crippen molar-refractivity contribution in [3.05, 3.63) is 35.6 Å². The minimum absolute atomic E-state index is 0.0376. The van der Waals surface area contributed by atoms with Gasteiger partial charge in [-0.25, -0.2) is 4.79 Å². The van der Waals surface area contributed by atoms with Gasteiger partial charge in [0.15, 0.2) is 27.6 Å². The third-order valence-corrected chi connectivity index (χ3v) is 12.0. The van der Waals surface area contributed by atoms with E-state index in [-0.39, 0.29) is 17.4 Å². The van der Waals surface area contributed by atoms with Gasteiger partial charge < -0.3 is 27.2 Å². The molecular formula is C24H43O7Si3. The minimum atomic E-state index is -2.00. The number of para-hydroxylation sites is 1. The normalized spacial score (nSPS) is 15.0. The predicted octanol–water partition coefficient (Wildman–Crippen LogP) is 5.74. The molecule has 0 heterocycles. The van der Waals surface area contributed by atoms with Crippen LogP contribution in [0.25, 0.3) is 5.76 Å². The summed E-state index contributed by atoms with van der Waals surface area (Å²) in [6, 6.07) is 7.27. The number of methoxy groups -OCH3 is 3. The predicted molar refractivity (Wildman–Crippen MR) is 142 cm³/mol. The zero-order valence-electron chi connectivity index (χ0n) is 23.0. The molecule has 0 bridgehead atoms. The van der Waals surface area contributed by atoms with Gasteiger partial charge in [0.05, 0.1) is 26.9 Å². The van der Waals surface area contributed by atoms with Crippen molar-refractivity contribution in [2.45, 2.75) is 71.7 Å². The number of hydrogen-bond acceptors (Lipinski definition) is 7. The lowest BCUT2D eigenvalue weighted by Gasteiger charge is -2.40. The quantitative estimate of drug-likeness (QED) is 0.140. The van der Waals surface area contributed by atoms with E-state index in [1.807, 2.05) is 19.1 Å². The van der Waals surface area contributed by atoms with Crippen LogP contribution in [0.5, 0.6) is 5.75 Å². The van der Waals surface area contributed by atoms with Gasteiger partial charge in [0.1, 0.15) is 5.75 Å². The fraction of sp³-hybridized carbons (Fsp3) is 0.625. The number of carbonyl (C=O) groups excluding carboxylic acids is 1. The van der Waals surface area contributed by atoms with E-state index >= 15 is 0 Å². The largest absolute Gasteiger partial charge is 0.496 e. The maximum absolute atomic E-state index is 13.6. The van der Waals surface area contributed by atoms with Crippen molar-refractivity contribution in [1.82, 2.24) is 0 Å². The van der Waals surface area contributed by atoms with Crippen LogP contribution in [0.1, 0.15) is 32.8 Å². The summed E-state index contributed by atoms with van der Waals surface area (Å²) in [5, 5.41) is -0.945. The van der Waals surface area contributed by atoms with Crippen LogP contribution in [-0.2, 0) is 27.2 Å². The van der Waals surface area contributed by atoms with Crippen LogP contribution < -0.4 is 4.74 Å². The van der Waals surface area contributed by atoms with Crippen LogP contribution in [0.3, 0.4) is 0 Å². The van der Waals surface area contributed by atoms with E-state index in [0.29, 0.717) is 17.7 Å². The molecule has 7 nitrogen and oxygen atoms in total. The molecule has 0 N–H and O–H groups in total. The van der Waals surface area contributed by atoms with E-state index in [9.17, 15) is 4.79 Å². The van der Waals surface area contributed by atoms with Crippen molar-refractivity contribution < 1.29 is 32.0 Å². The molecule has 0 amide bonds. The molecule has 1 aromatic carbocycles. The smallest absolute Gasteiger partial charge is 0.411 e. The first-order valence-electron chi connectivity index (χ1n) is 11.5. The van der Waals surface area contributed by atoms with Crippen LogP contribution in [0.15, 0.2) is 30.0 Å². The monoisotopic (exact) mass is 527 g/mol. The first-order chi connectivity index (χ1) is 15.6. The molecule has 34 heavy (non-hydrogen) atoms. The van der Waals surface area contributed by atoms with Gasteiger partial charge in [0, 0.05) is 0 Å². The molecule has 0 spiro atoms. The Morgan fingerprint density at radius 2 is 1.47 bits per heavy atom. The first kappa shape index (κ1) is 30.4. The van der Waals surface area contributed by atoms with Crippen LogP contribution in [0, 0.1) is 5.92 Å². The van der Waals surface area contributed by atoms with Gasteiger partial charge in [0.2, 0.25) is 5.76 Å². The van der Waals surface area contributed by atoms with Gasteiger partial charge in [0.25, 0.3) is 0 Å². The van der Waals surface area contributed by atoms with Crippen LogP contribution in [-0.4, -0.2) is 58.4 Å². The summed E-state index contributed by atoms with van der Waals surface area (Å²) in [6.07, 6.45) is 0.593. The lowest BCUT2D eigenvalue weighted by atomic mass is 10.1. The average Bonchev–Trinajstić information content (AvgIpc) is 2.68. The van der Waals surface area contributed by atoms with E-state index in [2.05, 4.69) is 53.1 Å². The molecule has 1 rings (SSSR count). The molecule has 193 valence electrons. The summed E-state index contributed by atoms with van der Waals surface area (Å²) < 4.78 is 36.0. The van der Waals surface area contributed by atoms with Crippen molar-refractivity contribution in [2.75, 3.05) is 21.3 Å². The highest BCUT2D eigenvalue weighted by Gasteiger charge is 2.49. The Hall–Kier alpha value is -1.60. The molecule has 0 aliphatic rings. The molecule has 0 aliphatic carbocycles. The Balaban J connectivity index is 3.55. The third kappa shape index (κ3) is 9.22. The van der Waals surface area contributed by atoms with Gasteiger partial charge >= 0.3 is 15.3 Å². The van der Waals surface area contributed by atoms with Crippen molar-refractivity contribution in [3.8, 4) is 5.75 Å². The van der Waals surface area contributed by atoms with E-state index in [4.69, 9.17) is 27.2 Å². The highest BCUT2D eigenvalue weighted by Crippen LogP contribution is 2.33. The van der Waals surface area contributed by atoms with Gasteiger partial charge in [-0.1, -0.05) is 26.0 Å². The van der Waals surface area contributed by atoms with E-state index in [0.717, 1.165) is 0 Å². The molecule has 1 atom stereocenters. The Morgan fingerprint density at radius 3 is 1.88 bits per heavy atom. The third-order valence-electron chi connectivity index (χ3n) is 4.50. The summed E-state index contributed by atoms with van der Waals surface area (Å²) in [5.41, 5.74) is 0.592. The second kappa shape index (κ2) is 12.4. The summed E-state index contributed by atoms with van der Waals surface area (Å²) >= 11 is 0. The molecule has 0 fully saturated rings. The molecule has 1 radical (unpaired) electrons. The Labute approximate surface area is 209 Å². The molecular weight excluding hydrogens is 485 g/mol. The van der Waals surface area contributed by atoms with E-state index < -0.39 is 37.1 Å². The number of ether oxygens (including phenoxy) is 4. The van der Waals surface area contributed by atoms with Crippen molar-refractivity contribution in [2.24, 2.45) is 5.92 Å². The molecule has 0 saturated heterocycles. The van der Waals surface area contributed by atoms with Gasteiger partial charge in [-0.05, 0) is 70.7 Å². The standard InChI is InChI=1S/C24H43O7Si3/c1-18(2)17-24(3,32(30-33(7,8)9)31-34(10,11)12)29-23(25)22(28-6)21(27-5)19-15-13-14-16-20(19)26-4/h13-16,18H,17H2,1-12H3. The second-order valence-corrected chi connectivity index (χ2v) is 22.4. The summed E-state index contributed by atoms with van der Waals surface area (Å²) in [4.78, 5) is 13.6. The Kier molecular flexibility index (Phi) is 11.1. The van der Waals surface area contributed by atoms with Gasteiger partial charge in [-0.3, -0.25) is 0 Å². The lowest BCUT2D eigenvalue weighted by Crippen LogP contribution is -2.58. The maximum atomic E-state index is 13.6. The maximum Gasteiger partial charge on any atom is 0.411 e. The molecule has 1 unspecified atom stereocenters. The summed E-state index contributed by atoms with van der Waals surface area (Å²) in [6.45, 7) is 18.8. The van der Waals surface area contributed by atoms with Gasteiger partial charge in [-0.2, -0.15) is 0 Å². The molecule has 10 heteroatoms. The SMILES string of the molecule is COC(C(=O)OC(C)(CC(C)C)[Si](O[Si](C)(C)C)O[Si](C)(C)C)=C(OC)c1ccccc1OC. The Morgan fingerprint density at radius 1 is 0.941 bits per heavy atom. The first-order valence-corrected chi connectivity index (χ1v) is 19.6. The fourth-order valence-electron chi connectivity index (χ4n) is 3.42. The van der Waals surface area contributed by atoms with Crippen LogP contribution >= 0.6 is 0 Å².